The fourth-order valence-electron chi connectivity index (χ4n) is 6.65. The lowest BCUT2D eigenvalue weighted by Crippen LogP contribution is -2.52. The van der Waals surface area contributed by atoms with Crippen LogP contribution in [0.15, 0.2) is 0 Å². The third kappa shape index (κ3) is 2.89. The first-order valence-corrected chi connectivity index (χ1v) is 9.55. The number of rotatable bonds is 4. The standard InChI is InChI=1S/C19H29NO3/c21-17(15-3-1-2-4-16(15)18(22)23)20-11-19-8-12-5-13(9-19)7-14(6-12)10-19/h12-16H,1-11H2,(H,20,21)(H,22,23)/t12?,13?,14?,15-,16+,19?/m1/s1. The van der Waals surface area contributed by atoms with Crippen LogP contribution in [-0.4, -0.2) is 23.5 Å². The van der Waals surface area contributed by atoms with Gasteiger partial charge in [0, 0.05) is 6.54 Å². The van der Waals surface area contributed by atoms with Gasteiger partial charge in [0.05, 0.1) is 11.8 Å². The largest absolute Gasteiger partial charge is 0.481 e. The third-order valence-electron chi connectivity index (χ3n) is 7.22. The van der Waals surface area contributed by atoms with Gasteiger partial charge in [0.25, 0.3) is 0 Å². The van der Waals surface area contributed by atoms with Crippen molar-refractivity contribution in [1.29, 1.82) is 0 Å². The minimum absolute atomic E-state index is 0.00726. The van der Waals surface area contributed by atoms with Crippen LogP contribution < -0.4 is 5.32 Å². The highest BCUT2D eigenvalue weighted by Gasteiger charge is 2.51. The van der Waals surface area contributed by atoms with Crippen molar-refractivity contribution >= 4 is 11.9 Å². The van der Waals surface area contributed by atoms with Gasteiger partial charge in [0.1, 0.15) is 0 Å². The maximum absolute atomic E-state index is 12.6. The molecule has 0 radical (unpaired) electrons. The molecule has 0 aromatic rings. The number of carbonyl (C=O) groups is 2. The molecule has 5 aliphatic rings. The summed E-state index contributed by atoms with van der Waals surface area (Å²) in [4.78, 5) is 24.0. The first kappa shape index (κ1) is 15.5. The molecule has 128 valence electrons. The van der Waals surface area contributed by atoms with Crippen molar-refractivity contribution in [2.24, 2.45) is 35.0 Å². The average Bonchev–Trinajstić information content (AvgIpc) is 2.51. The number of aliphatic carboxylic acids is 1. The molecule has 1 amide bonds. The van der Waals surface area contributed by atoms with Crippen LogP contribution in [0.3, 0.4) is 0 Å². The van der Waals surface area contributed by atoms with Gasteiger partial charge in [-0.05, 0) is 74.5 Å². The molecule has 0 heterocycles. The van der Waals surface area contributed by atoms with Crippen LogP contribution in [0.5, 0.6) is 0 Å². The molecule has 5 fully saturated rings. The Morgan fingerprint density at radius 3 is 1.96 bits per heavy atom. The Bertz CT molecular complexity index is 466. The van der Waals surface area contributed by atoms with Crippen molar-refractivity contribution in [3.8, 4) is 0 Å². The number of nitrogens with one attached hydrogen (secondary N) is 1. The summed E-state index contributed by atoms with van der Waals surface area (Å²) in [5.41, 5.74) is 0.331. The van der Waals surface area contributed by atoms with E-state index in [1.807, 2.05) is 0 Å². The monoisotopic (exact) mass is 319 g/mol. The number of carboxylic acid groups (broad SMARTS) is 1. The second-order valence-electron chi connectivity index (χ2n) is 8.97. The Kier molecular flexibility index (Phi) is 3.89. The second-order valence-corrected chi connectivity index (χ2v) is 8.97. The predicted octanol–water partition coefficient (Wildman–Crippen LogP) is 3.21. The molecule has 0 aliphatic heterocycles. The Hall–Kier alpha value is -1.06. The first-order valence-electron chi connectivity index (χ1n) is 9.55. The summed E-state index contributed by atoms with van der Waals surface area (Å²) in [5.74, 6) is 1.10. The minimum atomic E-state index is -0.792. The van der Waals surface area contributed by atoms with E-state index in [-0.39, 0.29) is 11.8 Å². The normalized spacial score (nSPS) is 45.0. The van der Waals surface area contributed by atoms with Crippen LogP contribution in [0.1, 0.15) is 64.2 Å². The molecule has 4 bridgehead atoms. The summed E-state index contributed by atoms with van der Waals surface area (Å²) in [6.45, 7) is 0.790. The lowest BCUT2D eigenvalue weighted by molar-refractivity contribution is -0.149. The van der Waals surface area contributed by atoms with Crippen LogP contribution in [-0.2, 0) is 9.59 Å². The Balaban J connectivity index is 1.38. The molecule has 4 heteroatoms. The summed E-state index contributed by atoms with van der Waals surface area (Å²) in [6.07, 6.45) is 11.4. The summed E-state index contributed by atoms with van der Waals surface area (Å²) in [5, 5.41) is 12.6. The highest BCUT2D eigenvalue weighted by molar-refractivity contribution is 5.84. The molecule has 4 nitrogen and oxygen atoms in total. The van der Waals surface area contributed by atoms with Crippen LogP contribution in [0.4, 0.5) is 0 Å². The van der Waals surface area contributed by atoms with Crippen LogP contribution in [0.2, 0.25) is 0 Å². The maximum atomic E-state index is 12.6. The summed E-state index contributed by atoms with van der Waals surface area (Å²) in [6, 6.07) is 0. The van der Waals surface area contributed by atoms with Crippen molar-refractivity contribution < 1.29 is 14.7 Å². The number of hydrogen-bond acceptors (Lipinski definition) is 2. The van der Waals surface area contributed by atoms with Gasteiger partial charge >= 0.3 is 5.97 Å². The van der Waals surface area contributed by atoms with E-state index in [2.05, 4.69) is 5.32 Å². The summed E-state index contributed by atoms with van der Waals surface area (Å²) < 4.78 is 0. The Labute approximate surface area is 138 Å². The van der Waals surface area contributed by atoms with E-state index in [1.54, 1.807) is 0 Å². The molecule has 5 saturated carbocycles. The minimum Gasteiger partial charge on any atom is -0.481 e. The van der Waals surface area contributed by atoms with Crippen molar-refractivity contribution in [3.63, 3.8) is 0 Å². The van der Waals surface area contributed by atoms with E-state index in [0.717, 1.165) is 43.6 Å². The van der Waals surface area contributed by atoms with Crippen LogP contribution in [0, 0.1) is 35.0 Å². The van der Waals surface area contributed by atoms with E-state index < -0.39 is 11.9 Å². The molecular formula is C19H29NO3. The van der Waals surface area contributed by atoms with Crippen molar-refractivity contribution in [1.82, 2.24) is 5.32 Å². The van der Waals surface area contributed by atoms with Gasteiger partial charge in [-0.25, -0.2) is 0 Å². The SMILES string of the molecule is O=C(O)[C@H]1CCCC[C@H]1C(=O)NCC12CC3CC(CC(C3)C1)C2. The van der Waals surface area contributed by atoms with Crippen molar-refractivity contribution in [2.45, 2.75) is 64.2 Å². The fraction of sp³-hybridized carbons (Fsp3) is 0.895. The molecule has 0 aromatic carbocycles. The van der Waals surface area contributed by atoms with E-state index >= 15 is 0 Å². The van der Waals surface area contributed by atoms with E-state index in [4.69, 9.17) is 0 Å². The Morgan fingerprint density at radius 2 is 1.43 bits per heavy atom. The predicted molar refractivity (Wildman–Crippen MR) is 86.7 cm³/mol. The molecule has 0 saturated heterocycles. The van der Waals surface area contributed by atoms with E-state index in [9.17, 15) is 14.7 Å². The van der Waals surface area contributed by atoms with Crippen LogP contribution >= 0.6 is 0 Å². The average molecular weight is 319 g/mol. The second kappa shape index (κ2) is 5.78. The van der Waals surface area contributed by atoms with E-state index in [0.29, 0.717) is 11.8 Å². The van der Waals surface area contributed by atoms with Gasteiger partial charge in [0.15, 0.2) is 0 Å². The zero-order valence-electron chi connectivity index (χ0n) is 13.9. The number of carbonyl (C=O) groups excluding carboxylic acids is 1. The molecule has 0 unspecified atom stereocenters. The molecule has 0 spiro atoms. The first-order chi connectivity index (χ1) is 11.0. The molecular weight excluding hydrogens is 290 g/mol. The molecule has 2 N–H and O–H groups in total. The fourth-order valence-corrected chi connectivity index (χ4v) is 6.65. The zero-order chi connectivity index (χ0) is 16.0. The summed E-state index contributed by atoms with van der Waals surface area (Å²) >= 11 is 0. The quantitative estimate of drug-likeness (QED) is 0.836. The maximum Gasteiger partial charge on any atom is 0.307 e. The lowest BCUT2D eigenvalue weighted by Gasteiger charge is -2.57. The molecule has 5 aliphatic carbocycles. The van der Waals surface area contributed by atoms with Gasteiger partial charge in [-0.2, -0.15) is 0 Å². The van der Waals surface area contributed by atoms with E-state index in [1.165, 1.54) is 38.5 Å². The van der Waals surface area contributed by atoms with Crippen molar-refractivity contribution in [2.75, 3.05) is 6.54 Å². The lowest BCUT2D eigenvalue weighted by atomic mass is 9.49. The van der Waals surface area contributed by atoms with Gasteiger partial charge in [-0.3, -0.25) is 9.59 Å². The number of carboxylic acids is 1. The molecule has 2 atom stereocenters. The van der Waals surface area contributed by atoms with Gasteiger partial charge in [-0.15, -0.1) is 0 Å². The number of hydrogen-bond donors (Lipinski definition) is 2. The van der Waals surface area contributed by atoms with Gasteiger partial charge in [-0.1, -0.05) is 12.8 Å². The smallest absolute Gasteiger partial charge is 0.307 e. The van der Waals surface area contributed by atoms with Crippen LogP contribution in [0.25, 0.3) is 0 Å². The Morgan fingerprint density at radius 1 is 0.913 bits per heavy atom. The number of amides is 1. The summed E-state index contributed by atoms with van der Waals surface area (Å²) in [7, 11) is 0. The van der Waals surface area contributed by atoms with Gasteiger partial charge < -0.3 is 10.4 Å². The van der Waals surface area contributed by atoms with Gasteiger partial charge in [0.2, 0.25) is 5.91 Å². The topological polar surface area (TPSA) is 66.4 Å². The molecule has 5 rings (SSSR count). The molecule has 0 aromatic heterocycles. The third-order valence-corrected chi connectivity index (χ3v) is 7.22. The highest BCUT2D eigenvalue weighted by atomic mass is 16.4. The zero-order valence-corrected chi connectivity index (χ0v) is 13.9. The highest BCUT2D eigenvalue weighted by Crippen LogP contribution is 2.59. The molecule has 23 heavy (non-hydrogen) atoms. The van der Waals surface area contributed by atoms with Crippen molar-refractivity contribution in [3.05, 3.63) is 0 Å².